The molecule has 0 radical (unpaired) electrons. The normalized spacial score (nSPS) is 15.9. The molecule has 3 unspecified atom stereocenters. The second kappa shape index (κ2) is 21.4. The second-order valence-electron chi connectivity index (χ2n) is 16.3. The third kappa shape index (κ3) is 13.8. The molecule has 0 bridgehead atoms. The summed E-state index contributed by atoms with van der Waals surface area (Å²) in [7, 11) is 0. The van der Waals surface area contributed by atoms with E-state index >= 15 is 0 Å². The zero-order chi connectivity index (χ0) is 39.9. The number of carbonyl (C=O) groups excluding carboxylic acids is 1. The number of hydrogen-bond acceptors (Lipinski definition) is 6. The number of rotatable bonds is 19. The summed E-state index contributed by atoms with van der Waals surface area (Å²) in [5.74, 6) is -0.869. The van der Waals surface area contributed by atoms with Gasteiger partial charge in [0.25, 0.3) is 0 Å². The number of halogens is 2. The Labute approximate surface area is 332 Å². The third-order valence-electron chi connectivity index (χ3n) is 10.6. The minimum Gasteiger partial charge on any atom is -0.444 e. The highest BCUT2D eigenvalue weighted by atomic mass is 19.1. The van der Waals surface area contributed by atoms with Gasteiger partial charge in [-0.05, 0) is 80.3 Å². The molecule has 4 aromatic rings. The Bertz CT molecular complexity index is 1670. The molecule has 1 aliphatic carbocycles. The van der Waals surface area contributed by atoms with Gasteiger partial charge in [0.1, 0.15) is 17.2 Å². The maximum absolute atomic E-state index is 14.9. The number of aliphatic hydroxyl groups excluding tert-OH is 2. The zero-order valence-corrected chi connectivity index (χ0v) is 33.2. The first-order valence-corrected chi connectivity index (χ1v) is 20.2. The van der Waals surface area contributed by atoms with Gasteiger partial charge in [-0.25, -0.2) is 13.6 Å². The molecule has 0 aromatic heterocycles. The number of amides is 1. The Hall–Kier alpha value is -4.15. The summed E-state index contributed by atoms with van der Waals surface area (Å²) in [5.41, 5.74) is 2.42. The molecule has 0 heterocycles. The monoisotopic (exact) mass is 770 g/mol. The molecular formula is C47H60F2N2O5. The lowest BCUT2D eigenvalue weighted by atomic mass is 9.85. The highest BCUT2D eigenvalue weighted by Crippen LogP contribution is 2.30. The fraction of sp³-hybridized carbons (Fsp3) is 0.468. The topological polar surface area (TPSA) is 82.5 Å². The van der Waals surface area contributed by atoms with Crippen LogP contribution in [0, 0.1) is 17.6 Å². The molecule has 1 amide bonds. The molecule has 9 heteroatoms. The summed E-state index contributed by atoms with van der Waals surface area (Å²) in [5, 5.41) is 23.1. The predicted molar refractivity (Wildman–Crippen MR) is 217 cm³/mol. The second-order valence-corrected chi connectivity index (χ2v) is 16.3. The van der Waals surface area contributed by atoms with E-state index in [1.54, 1.807) is 20.8 Å². The van der Waals surface area contributed by atoms with E-state index in [1.807, 2.05) is 91.0 Å². The summed E-state index contributed by atoms with van der Waals surface area (Å²) in [6.07, 6.45) is 4.86. The number of benzene rings is 4. The van der Waals surface area contributed by atoms with Crippen LogP contribution in [0.5, 0.6) is 0 Å². The van der Waals surface area contributed by atoms with Gasteiger partial charge in [-0.1, -0.05) is 123 Å². The summed E-state index contributed by atoms with van der Waals surface area (Å²) in [4.78, 5) is 17.9. The molecule has 0 saturated heterocycles. The van der Waals surface area contributed by atoms with Gasteiger partial charge in [-0.2, -0.15) is 0 Å². The first-order valence-electron chi connectivity index (χ1n) is 20.2. The molecule has 1 saturated carbocycles. The van der Waals surface area contributed by atoms with Crippen LogP contribution in [-0.4, -0.2) is 69.2 Å². The van der Waals surface area contributed by atoms with Crippen molar-refractivity contribution in [3.8, 4) is 0 Å². The van der Waals surface area contributed by atoms with Gasteiger partial charge in [0, 0.05) is 25.2 Å². The van der Waals surface area contributed by atoms with Crippen LogP contribution in [0.15, 0.2) is 109 Å². The van der Waals surface area contributed by atoms with E-state index in [2.05, 4.69) is 4.90 Å². The number of ether oxygens (including phenoxy) is 2. The summed E-state index contributed by atoms with van der Waals surface area (Å²) < 4.78 is 42.7. The van der Waals surface area contributed by atoms with Gasteiger partial charge in [0.2, 0.25) is 0 Å². The van der Waals surface area contributed by atoms with E-state index in [1.165, 1.54) is 36.3 Å². The van der Waals surface area contributed by atoms with Crippen molar-refractivity contribution in [1.29, 1.82) is 0 Å². The fourth-order valence-corrected chi connectivity index (χ4v) is 7.86. The summed E-state index contributed by atoms with van der Waals surface area (Å²) >= 11 is 0. The van der Waals surface area contributed by atoms with Crippen molar-refractivity contribution in [2.24, 2.45) is 5.92 Å². The fourth-order valence-electron chi connectivity index (χ4n) is 7.86. The van der Waals surface area contributed by atoms with Crippen LogP contribution in [0.1, 0.15) is 88.0 Å². The molecule has 56 heavy (non-hydrogen) atoms. The maximum atomic E-state index is 14.9. The van der Waals surface area contributed by atoms with Crippen molar-refractivity contribution >= 4 is 6.09 Å². The molecule has 1 aliphatic rings. The van der Waals surface area contributed by atoms with Crippen molar-refractivity contribution in [3.05, 3.63) is 143 Å². The van der Waals surface area contributed by atoms with Crippen LogP contribution in [0.2, 0.25) is 0 Å². The van der Waals surface area contributed by atoms with Crippen LogP contribution >= 0.6 is 0 Å². The molecular weight excluding hydrogens is 711 g/mol. The molecule has 0 aliphatic heterocycles. The third-order valence-corrected chi connectivity index (χ3v) is 10.6. The minimum absolute atomic E-state index is 0.0866. The Morgan fingerprint density at radius 1 is 0.768 bits per heavy atom. The quantitative estimate of drug-likeness (QED) is 0.0989. The van der Waals surface area contributed by atoms with E-state index in [9.17, 15) is 23.8 Å². The van der Waals surface area contributed by atoms with Crippen LogP contribution in [0.3, 0.4) is 0 Å². The number of hydrogen-bond donors (Lipinski definition) is 2. The molecule has 5 rings (SSSR count). The Balaban J connectivity index is 1.61. The van der Waals surface area contributed by atoms with E-state index in [0.717, 1.165) is 42.0 Å². The standard InChI is InChI=1S/C47H60F2N2O5/c1-47(2,3)56-46(54)51(32-42(53)25-24-35-16-8-4-9-17-35)44(33-52)45(55-34-38-22-14-7-15-23-38)43(28-39-26-40(48)29-41(49)27-39)50(30-36-18-10-5-11-19-36)31-37-20-12-6-13-21-37/h5-7,10-15,18-23,26-27,29,35,42-45,52-53H,4,8-9,16-17,24-25,28,30-34H2,1-3H3/t42-,43?,44?,45?/m1/s1. The Morgan fingerprint density at radius 2 is 1.30 bits per heavy atom. The van der Waals surface area contributed by atoms with Gasteiger partial charge in [-0.15, -0.1) is 0 Å². The number of aliphatic hydroxyl groups is 2. The lowest BCUT2D eigenvalue weighted by Gasteiger charge is -2.44. The lowest BCUT2D eigenvalue weighted by molar-refractivity contribution is -0.0946. The number of carbonyl (C=O) groups is 1. The number of nitrogens with zero attached hydrogens (tertiary/aromatic N) is 2. The average Bonchev–Trinajstić information content (AvgIpc) is 3.17. The predicted octanol–water partition coefficient (Wildman–Crippen LogP) is 9.48. The largest absolute Gasteiger partial charge is 0.444 e. The molecule has 7 nitrogen and oxygen atoms in total. The van der Waals surface area contributed by atoms with Gasteiger partial charge < -0.3 is 19.7 Å². The molecule has 1 fully saturated rings. The summed E-state index contributed by atoms with van der Waals surface area (Å²) in [6.45, 7) is 5.72. The van der Waals surface area contributed by atoms with E-state index < -0.39 is 54.2 Å². The van der Waals surface area contributed by atoms with Crippen LogP contribution < -0.4 is 0 Å². The minimum atomic E-state index is -1.02. The summed E-state index contributed by atoms with van der Waals surface area (Å²) in [6, 6.07) is 31.3. The van der Waals surface area contributed by atoms with Crippen LogP contribution in [0.25, 0.3) is 0 Å². The van der Waals surface area contributed by atoms with Gasteiger partial charge in [-0.3, -0.25) is 9.80 Å². The van der Waals surface area contributed by atoms with Crippen molar-refractivity contribution < 1.29 is 33.3 Å². The Kier molecular flexibility index (Phi) is 16.4. The van der Waals surface area contributed by atoms with Crippen molar-refractivity contribution in [3.63, 3.8) is 0 Å². The molecule has 4 aromatic carbocycles. The van der Waals surface area contributed by atoms with E-state index in [-0.39, 0.29) is 19.6 Å². The molecule has 2 N–H and O–H groups in total. The molecule has 302 valence electrons. The zero-order valence-electron chi connectivity index (χ0n) is 33.2. The van der Waals surface area contributed by atoms with Crippen molar-refractivity contribution in [2.75, 3.05) is 13.2 Å². The van der Waals surface area contributed by atoms with Crippen molar-refractivity contribution in [1.82, 2.24) is 9.80 Å². The maximum Gasteiger partial charge on any atom is 0.410 e. The van der Waals surface area contributed by atoms with Crippen LogP contribution in [-0.2, 0) is 35.6 Å². The first-order chi connectivity index (χ1) is 27.0. The lowest BCUT2D eigenvalue weighted by Crippen LogP contribution is -2.60. The smallest absolute Gasteiger partial charge is 0.410 e. The molecule has 0 spiro atoms. The average molecular weight is 771 g/mol. The highest BCUT2D eigenvalue weighted by Gasteiger charge is 2.41. The van der Waals surface area contributed by atoms with E-state index in [0.29, 0.717) is 31.0 Å². The van der Waals surface area contributed by atoms with E-state index in [4.69, 9.17) is 9.47 Å². The van der Waals surface area contributed by atoms with Gasteiger partial charge >= 0.3 is 6.09 Å². The molecule has 4 atom stereocenters. The Morgan fingerprint density at radius 3 is 1.82 bits per heavy atom. The highest BCUT2D eigenvalue weighted by molar-refractivity contribution is 5.68. The first kappa shape index (κ1) is 43.0. The SMILES string of the molecule is CC(C)(C)OC(=O)N(C[C@H](O)CCC1CCCCC1)C(CO)C(OCc1ccccc1)C(Cc1cc(F)cc(F)c1)N(Cc1ccccc1)Cc1ccccc1. The van der Waals surface area contributed by atoms with Gasteiger partial charge in [0.15, 0.2) is 0 Å². The van der Waals surface area contributed by atoms with Gasteiger partial charge in [0.05, 0.1) is 38.0 Å². The van der Waals surface area contributed by atoms with Crippen LogP contribution in [0.4, 0.5) is 13.6 Å². The van der Waals surface area contributed by atoms with Crippen molar-refractivity contribution in [2.45, 2.75) is 122 Å².